The molecule has 0 bridgehead atoms. The molecular weight excluding hydrogens is 368 g/mol. The summed E-state index contributed by atoms with van der Waals surface area (Å²) in [6, 6.07) is 31.9. The number of anilines is 3. The van der Waals surface area contributed by atoms with Crippen molar-refractivity contribution in [3.8, 4) is 6.07 Å². The van der Waals surface area contributed by atoms with Crippen LogP contribution < -0.4 is 4.90 Å². The van der Waals surface area contributed by atoms with Gasteiger partial charge in [0.1, 0.15) is 0 Å². The SMILES string of the molecule is N#CC1CCSSC1c1ccccc1N(c1ccccc1)c1ccccc1. The van der Waals surface area contributed by atoms with E-state index in [-0.39, 0.29) is 11.2 Å². The van der Waals surface area contributed by atoms with Gasteiger partial charge in [-0.3, -0.25) is 0 Å². The average Bonchev–Trinajstić information content (AvgIpc) is 2.76. The van der Waals surface area contributed by atoms with Gasteiger partial charge in [0.05, 0.1) is 22.9 Å². The van der Waals surface area contributed by atoms with Gasteiger partial charge in [0.2, 0.25) is 0 Å². The summed E-state index contributed by atoms with van der Waals surface area (Å²) in [5.74, 6) is 1.09. The van der Waals surface area contributed by atoms with Gasteiger partial charge < -0.3 is 4.90 Å². The smallest absolute Gasteiger partial charge is 0.0671 e. The summed E-state index contributed by atoms with van der Waals surface area (Å²) in [4.78, 5) is 2.30. The fourth-order valence-electron chi connectivity index (χ4n) is 3.43. The molecule has 0 spiro atoms. The summed E-state index contributed by atoms with van der Waals surface area (Å²) in [6.07, 6.45) is 0.948. The molecule has 27 heavy (non-hydrogen) atoms. The van der Waals surface area contributed by atoms with Crippen LogP contribution in [0.25, 0.3) is 0 Å². The standard InChI is InChI=1S/C23H20N2S2/c24-17-18-15-16-26-27-23(18)21-13-7-8-14-22(21)25(19-9-3-1-4-10-19)20-11-5-2-6-12-20/h1-14,18,23H,15-16H2. The Hall–Kier alpha value is -2.35. The fraction of sp³-hybridized carbons (Fsp3) is 0.174. The van der Waals surface area contributed by atoms with E-state index in [1.165, 1.54) is 5.56 Å². The van der Waals surface area contributed by atoms with Crippen molar-refractivity contribution in [2.75, 3.05) is 10.7 Å². The number of nitriles is 1. The topological polar surface area (TPSA) is 27.0 Å². The molecule has 1 aliphatic heterocycles. The van der Waals surface area contributed by atoms with E-state index in [9.17, 15) is 5.26 Å². The molecule has 4 heteroatoms. The predicted molar refractivity (Wildman–Crippen MR) is 118 cm³/mol. The van der Waals surface area contributed by atoms with E-state index in [0.717, 1.165) is 29.2 Å². The van der Waals surface area contributed by atoms with Crippen molar-refractivity contribution in [1.82, 2.24) is 0 Å². The van der Waals surface area contributed by atoms with Crippen LogP contribution in [-0.2, 0) is 0 Å². The summed E-state index contributed by atoms with van der Waals surface area (Å²) in [5.41, 5.74) is 4.63. The van der Waals surface area contributed by atoms with Crippen molar-refractivity contribution in [2.24, 2.45) is 5.92 Å². The highest BCUT2D eigenvalue weighted by molar-refractivity contribution is 8.76. The molecule has 0 saturated carbocycles. The molecule has 2 unspecified atom stereocenters. The maximum Gasteiger partial charge on any atom is 0.0671 e. The monoisotopic (exact) mass is 388 g/mol. The molecule has 1 fully saturated rings. The van der Waals surface area contributed by atoms with E-state index in [1.54, 1.807) is 0 Å². The Morgan fingerprint density at radius 3 is 2.04 bits per heavy atom. The van der Waals surface area contributed by atoms with Gasteiger partial charge in [-0.1, -0.05) is 76.2 Å². The molecule has 2 atom stereocenters. The van der Waals surface area contributed by atoms with E-state index >= 15 is 0 Å². The van der Waals surface area contributed by atoms with Crippen LogP contribution in [0.15, 0.2) is 84.9 Å². The van der Waals surface area contributed by atoms with Crippen molar-refractivity contribution in [3.05, 3.63) is 90.5 Å². The third-order valence-corrected chi connectivity index (χ3v) is 7.59. The molecule has 0 N–H and O–H groups in total. The summed E-state index contributed by atoms with van der Waals surface area (Å²) >= 11 is 0. The van der Waals surface area contributed by atoms with Gasteiger partial charge in [-0.2, -0.15) is 5.26 Å². The van der Waals surface area contributed by atoms with Crippen LogP contribution in [-0.4, -0.2) is 5.75 Å². The van der Waals surface area contributed by atoms with Crippen molar-refractivity contribution in [2.45, 2.75) is 11.7 Å². The minimum absolute atomic E-state index is 0.0470. The Labute approximate surface area is 168 Å². The van der Waals surface area contributed by atoms with Crippen molar-refractivity contribution < 1.29 is 0 Å². The minimum Gasteiger partial charge on any atom is -0.310 e. The molecule has 4 rings (SSSR count). The molecular formula is C23H20N2S2. The molecule has 0 amide bonds. The number of hydrogen-bond acceptors (Lipinski definition) is 4. The van der Waals surface area contributed by atoms with E-state index in [1.807, 2.05) is 33.7 Å². The van der Waals surface area contributed by atoms with E-state index in [2.05, 4.69) is 83.8 Å². The number of benzene rings is 3. The van der Waals surface area contributed by atoms with Crippen LogP contribution in [0.3, 0.4) is 0 Å². The van der Waals surface area contributed by atoms with E-state index < -0.39 is 0 Å². The Balaban J connectivity index is 1.86. The van der Waals surface area contributed by atoms with Crippen LogP contribution in [0.2, 0.25) is 0 Å². The maximum atomic E-state index is 9.70. The molecule has 0 aromatic heterocycles. The summed E-state index contributed by atoms with van der Waals surface area (Å²) in [6.45, 7) is 0. The highest BCUT2D eigenvalue weighted by Crippen LogP contribution is 2.52. The maximum absolute atomic E-state index is 9.70. The second-order valence-corrected chi connectivity index (χ2v) is 9.06. The van der Waals surface area contributed by atoms with Gasteiger partial charge in [-0.15, -0.1) is 0 Å². The molecule has 1 heterocycles. The Morgan fingerprint density at radius 2 is 1.41 bits per heavy atom. The zero-order chi connectivity index (χ0) is 18.5. The van der Waals surface area contributed by atoms with E-state index in [0.29, 0.717) is 0 Å². The summed E-state index contributed by atoms with van der Waals surface area (Å²) in [5, 5.41) is 9.88. The van der Waals surface area contributed by atoms with Crippen LogP contribution in [0.5, 0.6) is 0 Å². The molecule has 1 saturated heterocycles. The van der Waals surface area contributed by atoms with Crippen molar-refractivity contribution in [3.63, 3.8) is 0 Å². The van der Waals surface area contributed by atoms with Gasteiger partial charge in [0, 0.05) is 17.1 Å². The predicted octanol–water partition coefficient (Wildman–Crippen LogP) is 7.12. The first-order chi connectivity index (χ1) is 13.4. The third kappa shape index (κ3) is 3.85. The molecule has 134 valence electrons. The van der Waals surface area contributed by atoms with Crippen LogP contribution in [0.4, 0.5) is 17.1 Å². The first-order valence-corrected chi connectivity index (χ1v) is 11.4. The number of para-hydroxylation sites is 3. The molecule has 0 aliphatic carbocycles. The normalized spacial score (nSPS) is 19.2. The summed E-state index contributed by atoms with van der Waals surface area (Å²) in [7, 11) is 3.71. The zero-order valence-electron chi connectivity index (χ0n) is 14.9. The van der Waals surface area contributed by atoms with Crippen molar-refractivity contribution >= 4 is 38.6 Å². The first kappa shape index (κ1) is 18.0. The van der Waals surface area contributed by atoms with Gasteiger partial charge >= 0.3 is 0 Å². The largest absolute Gasteiger partial charge is 0.310 e. The third-order valence-electron chi connectivity index (χ3n) is 4.73. The molecule has 0 radical (unpaired) electrons. The minimum atomic E-state index is 0.0470. The highest BCUT2D eigenvalue weighted by atomic mass is 33.1. The number of rotatable bonds is 4. The van der Waals surface area contributed by atoms with Crippen LogP contribution >= 0.6 is 21.6 Å². The van der Waals surface area contributed by atoms with Crippen LogP contribution in [0, 0.1) is 17.2 Å². The first-order valence-electron chi connectivity index (χ1n) is 9.05. The van der Waals surface area contributed by atoms with Crippen LogP contribution in [0.1, 0.15) is 17.2 Å². The quantitative estimate of drug-likeness (QED) is 0.445. The Bertz CT molecular complexity index is 882. The number of nitrogens with zero attached hydrogens (tertiary/aromatic N) is 2. The highest BCUT2D eigenvalue weighted by Gasteiger charge is 2.31. The van der Waals surface area contributed by atoms with Gasteiger partial charge in [0.25, 0.3) is 0 Å². The summed E-state index contributed by atoms with van der Waals surface area (Å²) < 4.78 is 0. The second-order valence-electron chi connectivity index (χ2n) is 6.43. The lowest BCUT2D eigenvalue weighted by Crippen LogP contribution is -2.17. The Morgan fingerprint density at radius 1 is 0.815 bits per heavy atom. The molecule has 3 aromatic rings. The lowest BCUT2D eigenvalue weighted by Gasteiger charge is -2.32. The van der Waals surface area contributed by atoms with Gasteiger partial charge in [-0.25, -0.2) is 0 Å². The molecule has 1 aliphatic rings. The molecule has 3 aromatic carbocycles. The fourth-order valence-corrected chi connectivity index (χ4v) is 6.39. The van der Waals surface area contributed by atoms with Gasteiger partial charge in [-0.05, 0) is 42.3 Å². The van der Waals surface area contributed by atoms with E-state index in [4.69, 9.17) is 0 Å². The zero-order valence-corrected chi connectivity index (χ0v) is 16.5. The average molecular weight is 389 g/mol. The Kier molecular flexibility index (Phi) is 5.72. The number of hydrogen-bond donors (Lipinski definition) is 0. The molecule has 2 nitrogen and oxygen atoms in total. The lowest BCUT2D eigenvalue weighted by molar-refractivity contribution is 0.629. The van der Waals surface area contributed by atoms with Crippen molar-refractivity contribution in [1.29, 1.82) is 5.26 Å². The second kappa shape index (κ2) is 8.56. The van der Waals surface area contributed by atoms with Gasteiger partial charge in [0.15, 0.2) is 0 Å². The lowest BCUT2D eigenvalue weighted by atomic mass is 9.95.